The highest BCUT2D eigenvalue weighted by Gasteiger charge is 2.44. The maximum Gasteiger partial charge on any atom is 0.192 e. The first-order valence-corrected chi connectivity index (χ1v) is 5.38. The van der Waals surface area contributed by atoms with E-state index < -0.39 is 5.79 Å². The molecule has 0 aromatic heterocycles. The van der Waals surface area contributed by atoms with Gasteiger partial charge in [0, 0.05) is 13.2 Å². The van der Waals surface area contributed by atoms with Gasteiger partial charge in [0.15, 0.2) is 5.79 Å². The zero-order valence-electron chi connectivity index (χ0n) is 8.70. The van der Waals surface area contributed by atoms with Crippen LogP contribution in [0, 0.1) is 0 Å². The Balaban J connectivity index is 1.94. The second-order valence-corrected chi connectivity index (χ2v) is 4.16. The van der Waals surface area contributed by atoms with Crippen molar-refractivity contribution in [2.24, 2.45) is 5.73 Å². The summed E-state index contributed by atoms with van der Waals surface area (Å²) in [5, 5.41) is 0. The molecule has 2 fully saturated rings. The lowest BCUT2D eigenvalue weighted by Gasteiger charge is -2.35. The highest BCUT2D eigenvalue weighted by atomic mass is 16.8. The van der Waals surface area contributed by atoms with Gasteiger partial charge in [-0.25, -0.2) is 0 Å². The van der Waals surface area contributed by atoms with Crippen LogP contribution in [0.4, 0.5) is 0 Å². The molecule has 0 radical (unpaired) electrons. The third kappa shape index (κ3) is 1.93. The lowest BCUT2D eigenvalue weighted by Crippen LogP contribution is -2.44. The molecule has 0 aromatic carbocycles. The van der Waals surface area contributed by atoms with Crippen molar-refractivity contribution < 1.29 is 14.2 Å². The molecule has 4 heteroatoms. The van der Waals surface area contributed by atoms with Gasteiger partial charge in [0.25, 0.3) is 0 Å². The molecule has 0 aliphatic carbocycles. The summed E-state index contributed by atoms with van der Waals surface area (Å²) in [5.41, 5.74) is 5.54. The molecule has 2 heterocycles. The molecule has 0 saturated carbocycles. The SMILES string of the molecule is CC1(C2CCCCO2)OCC(CN)O1. The Kier molecular flexibility index (Phi) is 3.07. The van der Waals surface area contributed by atoms with E-state index in [4.69, 9.17) is 19.9 Å². The van der Waals surface area contributed by atoms with Crippen LogP contribution in [0.1, 0.15) is 26.2 Å². The molecule has 82 valence electrons. The predicted molar refractivity (Wildman–Crippen MR) is 51.9 cm³/mol. The summed E-state index contributed by atoms with van der Waals surface area (Å²) in [6.07, 6.45) is 3.47. The summed E-state index contributed by atoms with van der Waals surface area (Å²) in [7, 11) is 0. The van der Waals surface area contributed by atoms with Gasteiger partial charge in [0.2, 0.25) is 0 Å². The van der Waals surface area contributed by atoms with Crippen LogP contribution in [0.2, 0.25) is 0 Å². The van der Waals surface area contributed by atoms with E-state index in [1.807, 2.05) is 6.92 Å². The van der Waals surface area contributed by atoms with Crippen LogP contribution < -0.4 is 5.73 Å². The molecule has 2 rings (SSSR count). The van der Waals surface area contributed by atoms with Crippen molar-refractivity contribution in [1.29, 1.82) is 0 Å². The second-order valence-electron chi connectivity index (χ2n) is 4.16. The topological polar surface area (TPSA) is 53.7 Å². The minimum atomic E-state index is -0.565. The number of hydrogen-bond acceptors (Lipinski definition) is 4. The molecule has 2 N–H and O–H groups in total. The van der Waals surface area contributed by atoms with Crippen LogP contribution in [0.25, 0.3) is 0 Å². The van der Waals surface area contributed by atoms with Crippen LogP contribution in [0.3, 0.4) is 0 Å². The zero-order valence-corrected chi connectivity index (χ0v) is 8.70. The lowest BCUT2D eigenvalue weighted by atomic mass is 10.0. The Morgan fingerprint density at radius 2 is 2.29 bits per heavy atom. The summed E-state index contributed by atoms with van der Waals surface area (Å²) in [6, 6.07) is 0. The Hall–Kier alpha value is -0.160. The van der Waals surface area contributed by atoms with E-state index in [0.717, 1.165) is 19.4 Å². The van der Waals surface area contributed by atoms with E-state index in [1.165, 1.54) is 6.42 Å². The summed E-state index contributed by atoms with van der Waals surface area (Å²) < 4.78 is 17.1. The largest absolute Gasteiger partial charge is 0.373 e. The van der Waals surface area contributed by atoms with E-state index in [9.17, 15) is 0 Å². The molecular weight excluding hydrogens is 182 g/mol. The Morgan fingerprint density at radius 1 is 1.43 bits per heavy atom. The Labute approximate surface area is 84.7 Å². The normalized spacial score (nSPS) is 44.1. The molecule has 14 heavy (non-hydrogen) atoms. The van der Waals surface area contributed by atoms with Crippen molar-refractivity contribution in [3.8, 4) is 0 Å². The molecule has 2 saturated heterocycles. The van der Waals surface area contributed by atoms with Crippen LogP contribution in [0.5, 0.6) is 0 Å². The van der Waals surface area contributed by atoms with Gasteiger partial charge in [-0.2, -0.15) is 0 Å². The number of nitrogens with two attached hydrogens (primary N) is 1. The first-order valence-electron chi connectivity index (χ1n) is 5.38. The van der Waals surface area contributed by atoms with E-state index in [-0.39, 0.29) is 12.2 Å². The van der Waals surface area contributed by atoms with Crippen molar-refractivity contribution in [2.75, 3.05) is 19.8 Å². The van der Waals surface area contributed by atoms with Gasteiger partial charge in [0.1, 0.15) is 6.10 Å². The molecule has 4 nitrogen and oxygen atoms in total. The highest BCUT2D eigenvalue weighted by molar-refractivity contribution is 4.84. The van der Waals surface area contributed by atoms with Crippen molar-refractivity contribution in [3.05, 3.63) is 0 Å². The van der Waals surface area contributed by atoms with E-state index in [2.05, 4.69) is 0 Å². The standard InChI is InChI=1S/C10H19NO3/c1-10(9-4-2-3-5-12-9)13-7-8(6-11)14-10/h8-9H,2-7,11H2,1H3. The third-order valence-electron chi connectivity index (χ3n) is 2.98. The number of hydrogen-bond donors (Lipinski definition) is 1. The predicted octanol–water partition coefficient (Wildman–Crippen LogP) is 0.646. The fourth-order valence-corrected chi connectivity index (χ4v) is 2.10. The van der Waals surface area contributed by atoms with Gasteiger partial charge < -0.3 is 19.9 Å². The molecule has 0 spiro atoms. The second kappa shape index (κ2) is 4.14. The molecule has 0 amide bonds. The fraction of sp³-hybridized carbons (Fsp3) is 1.00. The summed E-state index contributed by atoms with van der Waals surface area (Å²) in [4.78, 5) is 0. The molecule has 0 bridgehead atoms. The van der Waals surface area contributed by atoms with Gasteiger partial charge in [-0.3, -0.25) is 0 Å². The third-order valence-corrected chi connectivity index (χ3v) is 2.98. The Bertz CT molecular complexity index is 194. The van der Waals surface area contributed by atoms with Gasteiger partial charge in [0.05, 0.1) is 12.7 Å². The van der Waals surface area contributed by atoms with Crippen LogP contribution >= 0.6 is 0 Å². The van der Waals surface area contributed by atoms with Gasteiger partial charge in [-0.1, -0.05) is 0 Å². The highest BCUT2D eigenvalue weighted by Crippen LogP contribution is 2.32. The average Bonchev–Trinajstić information content (AvgIpc) is 2.63. The van der Waals surface area contributed by atoms with E-state index in [1.54, 1.807) is 0 Å². The van der Waals surface area contributed by atoms with Crippen molar-refractivity contribution in [1.82, 2.24) is 0 Å². The van der Waals surface area contributed by atoms with Gasteiger partial charge in [-0.05, 0) is 26.2 Å². The maximum atomic E-state index is 5.77. The molecular formula is C10H19NO3. The minimum Gasteiger partial charge on any atom is -0.373 e. The molecule has 2 aliphatic heterocycles. The summed E-state index contributed by atoms with van der Waals surface area (Å²) in [5.74, 6) is -0.565. The Morgan fingerprint density at radius 3 is 2.86 bits per heavy atom. The molecule has 3 unspecified atom stereocenters. The molecule has 3 atom stereocenters. The lowest BCUT2D eigenvalue weighted by molar-refractivity contribution is -0.237. The molecule has 2 aliphatic rings. The van der Waals surface area contributed by atoms with Crippen LogP contribution in [-0.4, -0.2) is 37.8 Å². The smallest absolute Gasteiger partial charge is 0.192 e. The fourth-order valence-electron chi connectivity index (χ4n) is 2.10. The first kappa shape index (κ1) is 10.4. The van der Waals surface area contributed by atoms with Crippen LogP contribution in [0.15, 0.2) is 0 Å². The maximum absolute atomic E-state index is 5.77. The average molecular weight is 201 g/mol. The summed E-state index contributed by atoms with van der Waals surface area (Å²) >= 11 is 0. The number of ether oxygens (including phenoxy) is 3. The van der Waals surface area contributed by atoms with Gasteiger partial charge in [-0.15, -0.1) is 0 Å². The van der Waals surface area contributed by atoms with E-state index in [0.29, 0.717) is 13.2 Å². The first-order chi connectivity index (χ1) is 6.74. The van der Waals surface area contributed by atoms with Crippen molar-refractivity contribution >= 4 is 0 Å². The van der Waals surface area contributed by atoms with Crippen molar-refractivity contribution in [3.63, 3.8) is 0 Å². The molecule has 0 aromatic rings. The number of rotatable bonds is 2. The summed E-state index contributed by atoms with van der Waals surface area (Å²) in [6.45, 7) is 3.88. The zero-order chi connectivity index (χ0) is 10.0. The minimum absolute atomic E-state index is 0.0329. The van der Waals surface area contributed by atoms with E-state index >= 15 is 0 Å². The monoisotopic (exact) mass is 201 g/mol. The van der Waals surface area contributed by atoms with Crippen molar-refractivity contribution in [2.45, 2.75) is 44.2 Å². The van der Waals surface area contributed by atoms with Gasteiger partial charge >= 0.3 is 0 Å². The quantitative estimate of drug-likeness (QED) is 0.712. The van der Waals surface area contributed by atoms with Crippen LogP contribution in [-0.2, 0) is 14.2 Å².